The Morgan fingerprint density at radius 3 is 2.68 bits per heavy atom. The Labute approximate surface area is 211 Å². The van der Waals surface area contributed by atoms with Crippen LogP contribution in [0.25, 0.3) is 22.4 Å². The molecule has 0 saturated carbocycles. The molecule has 2 N–H and O–H groups in total. The van der Waals surface area contributed by atoms with Gasteiger partial charge in [0.1, 0.15) is 29.0 Å². The molecule has 1 amide bonds. The summed E-state index contributed by atoms with van der Waals surface area (Å²) < 4.78 is 52.7. The SMILES string of the molecule is CC(F)(F)CN1C(=O)c2[nH]nc(-c3cccc4[nH]c(=O)oc34)c2C1c1ccnc(Oc2ccc(F)cc2)n1. The predicted molar refractivity (Wildman–Crippen MR) is 126 cm³/mol. The van der Waals surface area contributed by atoms with Crippen molar-refractivity contribution in [2.45, 2.75) is 18.9 Å². The number of halogens is 3. The average Bonchev–Trinajstić information content (AvgIpc) is 3.53. The largest absolute Gasteiger partial charge is 0.424 e. The third-order valence-electron chi connectivity index (χ3n) is 5.97. The smallest absolute Gasteiger partial charge is 0.417 e. The molecule has 1 atom stereocenters. The van der Waals surface area contributed by atoms with Crippen molar-refractivity contribution in [1.82, 2.24) is 30.0 Å². The van der Waals surface area contributed by atoms with Crippen LogP contribution in [0.1, 0.15) is 34.7 Å². The van der Waals surface area contributed by atoms with Crippen molar-refractivity contribution in [2.75, 3.05) is 6.54 Å². The van der Waals surface area contributed by atoms with E-state index < -0.39 is 36.0 Å². The molecular formula is C25H17F3N6O4. The zero-order valence-electron chi connectivity index (χ0n) is 19.5. The normalized spacial score (nSPS) is 15.3. The Morgan fingerprint density at radius 1 is 1.13 bits per heavy atom. The first-order valence-electron chi connectivity index (χ1n) is 11.3. The summed E-state index contributed by atoms with van der Waals surface area (Å²) in [6, 6.07) is 10.3. The fraction of sp³-hybridized carbons (Fsp3) is 0.160. The van der Waals surface area contributed by atoms with Crippen LogP contribution in [0.3, 0.4) is 0 Å². The number of aromatic nitrogens is 5. The molecule has 6 rings (SSSR count). The molecule has 38 heavy (non-hydrogen) atoms. The summed E-state index contributed by atoms with van der Waals surface area (Å²) in [6.07, 6.45) is 1.36. The maximum absolute atomic E-state index is 14.2. The first-order valence-corrected chi connectivity index (χ1v) is 11.3. The molecule has 1 aliphatic rings. The van der Waals surface area contributed by atoms with Gasteiger partial charge in [0.15, 0.2) is 5.58 Å². The molecule has 5 aromatic rings. The van der Waals surface area contributed by atoms with Crippen LogP contribution in [0.4, 0.5) is 13.2 Å². The molecule has 1 unspecified atom stereocenters. The quantitative estimate of drug-likeness (QED) is 0.337. The maximum atomic E-state index is 14.2. The van der Waals surface area contributed by atoms with E-state index in [9.17, 15) is 22.8 Å². The van der Waals surface area contributed by atoms with Gasteiger partial charge in [-0.3, -0.25) is 14.9 Å². The lowest BCUT2D eigenvalue weighted by Crippen LogP contribution is -2.38. The number of amides is 1. The molecule has 0 fully saturated rings. The molecule has 10 nitrogen and oxygen atoms in total. The number of para-hydroxylation sites is 1. The van der Waals surface area contributed by atoms with Crippen LogP contribution in [0.5, 0.6) is 11.8 Å². The molecule has 13 heteroatoms. The number of carbonyl (C=O) groups excluding carboxylic acids is 1. The molecule has 0 radical (unpaired) electrons. The van der Waals surface area contributed by atoms with Crippen LogP contribution in [0.15, 0.2) is 63.9 Å². The highest BCUT2D eigenvalue weighted by Crippen LogP contribution is 2.44. The Balaban J connectivity index is 1.49. The van der Waals surface area contributed by atoms with E-state index >= 15 is 0 Å². The molecule has 0 bridgehead atoms. The third-order valence-corrected chi connectivity index (χ3v) is 5.97. The van der Waals surface area contributed by atoms with E-state index in [-0.39, 0.29) is 40.0 Å². The van der Waals surface area contributed by atoms with Crippen LogP contribution >= 0.6 is 0 Å². The minimum Gasteiger partial charge on any atom is -0.424 e. The number of nitrogens with one attached hydrogen (secondary N) is 2. The van der Waals surface area contributed by atoms with E-state index in [1.165, 1.54) is 36.5 Å². The lowest BCUT2D eigenvalue weighted by molar-refractivity contribution is -0.0150. The molecule has 1 aliphatic heterocycles. The van der Waals surface area contributed by atoms with Gasteiger partial charge < -0.3 is 14.1 Å². The molecule has 2 aromatic carbocycles. The minimum atomic E-state index is -3.22. The highest BCUT2D eigenvalue weighted by atomic mass is 19.3. The first-order chi connectivity index (χ1) is 18.2. The number of nitrogens with zero attached hydrogens (tertiary/aromatic N) is 4. The number of aromatic amines is 2. The van der Waals surface area contributed by atoms with Crippen molar-refractivity contribution < 1.29 is 27.1 Å². The van der Waals surface area contributed by atoms with Crippen molar-refractivity contribution >= 4 is 17.0 Å². The molecular weight excluding hydrogens is 505 g/mol. The molecule has 0 saturated heterocycles. The monoisotopic (exact) mass is 522 g/mol. The predicted octanol–water partition coefficient (Wildman–Crippen LogP) is 4.43. The van der Waals surface area contributed by atoms with E-state index in [1.807, 2.05) is 0 Å². The van der Waals surface area contributed by atoms with Gasteiger partial charge in [-0.1, -0.05) is 6.07 Å². The summed E-state index contributed by atoms with van der Waals surface area (Å²) in [5, 5.41) is 6.93. The Kier molecular flexibility index (Phi) is 5.29. The Hall–Kier alpha value is -4.94. The number of rotatable bonds is 6. The van der Waals surface area contributed by atoms with Gasteiger partial charge >= 0.3 is 11.8 Å². The number of carbonyl (C=O) groups is 1. The Bertz CT molecular complexity index is 1740. The van der Waals surface area contributed by atoms with Crippen molar-refractivity contribution in [2.24, 2.45) is 0 Å². The number of fused-ring (bicyclic) bond motifs is 2. The fourth-order valence-corrected chi connectivity index (χ4v) is 4.50. The molecule has 4 heterocycles. The zero-order valence-corrected chi connectivity index (χ0v) is 19.5. The number of hydrogen-bond donors (Lipinski definition) is 2. The number of benzene rings is 2. The zero-order chi connectivity index (χ0) is 26.6. The van der Waals surface area contributed by atoms with E-state index in [0.717, 1.165) is 4.90 Å². The maximum Gasteiger partial charge on any atom is 0.417 e. The number of oxazole rings is 1. The summed E-state index contributed by atoms with van der Waals surface area (Å²) in [5.41, 5.74) is 1.66. The van der Waals surface area contributed by atoms with Crippen LogP contribution < -0.4 is 10.5 Å². The van der Waals surface area contributed by atoms with E-state index in [0.29, 0.717) is 18.0 Å². The van der Waals surface area contributed by atoms with Crippen LogP contribution in [0.2, 0.25) is 0 Å². The summed E-state index contributed by atoms with van der Waals surface area (Å²) in [4.78, 5) is 37.1. The number of ether oxygens (including phenoxy) is 1. The van der Waals surface area contributed by atoms with Gasteiger partial charge in [-0.05, 0) is 42.5 Å². The average molecular weight is 522 g/mol. The van der Waals surface area contributed by atoms with Gasteiger partial charge in [-0.15, -0.1) is 0 Å². The number of alkyl halides is 2. The second kappa shape index (κ2) is 8.57. The molecule has 3 aromatic heterocycles. The fourth-order valence-electron chi connectivity index (χ4n) is 4.50. The van der Waals surface area contributed by atoms with E-state index in [1.54, 1.807) is 18.2 Å². The lowest BCUT2D eigenvalue weighted by Gasteiger charge is -2.28. The summed E-state index contributed by atoms with van der Waals surface area (Å²) >= 11 is 0. The van der Waals surface area contributed by atoms with Crippen molar-refractivity contribution in [3.8, 4) is 23.0 Å². The van der Waals surface area contributed by atoms with Crippen molar-refractivity contribution in [3.05, 3.63) is 88.0 Å². The summed E-state index contributed by atoms with van der Waals surface area (Å²) in [5.74, 6) is -4.81. The minimum absolute atomic E-state index is 0.00347. The number of hydrogen-bond acceptors (Lipinski definition) is 7. The molecule has 192 valence electrons. The second-order valence-electron chi connectivity index (χ2n) is 8.78. The molecule has 0 spiro atoms. The summed E-state index contributed by atoms with van der Waals surface area (Å²) in [7, 11) is 0. The van der Waals surface area contributed by atoms with E-state index in [2.05, 4.69) is 25.1 Å². The number of H-pyrrole nitrogens is 2. The van der Waals surface area contributed by atoms with Crippen LogP contribution in [-0.4, -0.2) is 48.4 Å². The van der Waals surface area contributed by atoms with Gasteiger partial charge in [0, 0.05) is 24.2 Å². The van der Waals surface area contributed by atoms with Gasteiger partial charge in [0.25, 0.3) is 11.8 Å². The third kappa shape index (κ3) is 4.07. The topological polar surface area (TPSA) is 130 Å². The summed E-state index contributed by atoms with van der Waals surface area (Å²) in [6.45, 7) is -0.193. The van der Waals surface area contributed by atoms with E-state index in [4.69, 9.17) is 9.15 Å². The second-order valence-corrected chi connectivity index (χ2v) is 8.78. The van der Waals surface area contributed by atoms with Gasteiger partial charge in [-0.25, -0.2) is 22.9 Å². The highest BCUT2D eigenvalue weighted by Gasteiger charge is 2.46. The van der Waals surface area contributed by atoms with Crippen molar-refractivity contribution in [1.29, 1.82) is 0 Å². The first kappa shape index (κ1) is 23.5. The molecule has 0 aliphatic carbocycles. The van der Waals surface area contributed by atoms with Crippen LogP contribution in [0, 0.1) is 5.82 Å². The van der Waals surface area contributed by atoms with Crippen molar-refractivity contribution in [3.63, 3.8) is 0 Å². The van der Waals surface area contributed by atoms with Gasteiger partial charge in [0.05, 0.1) is 17.8 Å². The lowest BCUT2D eigenvalue weighted by atomic mass is 9.98. The standard InChI is InChI=1S/C25H17F3N6O4/c1-25(27,28)11-34-20(15-9-10-29-23(30-15)37-13-7-5-12(26)6-8-13)17-18(32-33-19(17)22(34)35)14-3-2-4-16-21(14)38-24(36)31-16/h2-10,20H,11H2,1H3,(H,31,36)(H,32,33). The Morgan fingerprint density at radius 2 is 1.92 bits per heavy atom. The van der Waals surface area contributed by atoms with Gasteiger partial charge in [0.2, 0.25) is 0 Å². The highest BCUT2D eigenvalue weighted by molar-refractivity contribution is 6.01. The van der Waals surface area contributed by atoms with Crippen LogP contribution in [-0.2, 0) is 0 Å². The van der Waals surface area contributed by atoms with Gasteiger partial charge in [-0.2, -0.15) is 10.1 Å².